The van der Waals surface area contributed by atoms with E-state index in [0.29, 0.717) is 22.5 Å². The Morgan fingerprint density at radius 2 is 1.81 bits per heavy atom. The molecule has 27 heavy (non-hydrogen) atoms. The molecule has 0 spiro atoms. The number of nitrogen functional groups attached to an aromatic ring is 1. The van der Waals surface area contributed by atoms with E-state index in [1.807, 2.05) is 54.9 Å². The fourth-order valence-corrected chi connectivity index (χ4v) is 3.00. The SMILES string of the molecule is COc1ccc2cc(C#Cc3nn(C(C)C)c4ncnc(N)c34)ccc2c1. The van der Waals surface area contributed by atoms with Crippen molar-refractivity contribution in [1.82, 2.24) is 19.7 Å². The first-order valence-electron chi connectivity index (χ1n) is 8.65. The molecule has 2 aromatic carbocycles. The van der Waals surface area contributed by atoms with Crippen LogP contribution in [-0.2, 0) is 0 Å². The highest BCUT2D eigenvalue weighted by atomic mass is 16.5. The van der Waals surface area contributed by atoms with Gasteiger partial charge < -0.3 is 10.5 Å². The van der Waals surface area contributed by atoms with Gasteiger partial charge in [-0.05, 0) is 54.8 Å². The van der Waals surface area contributed by atoms with E-state index in [9.17, 15) is 0 Å². The van der Waals surface area contributed by atoms with Crippen molar-refractivity contribution in [2.24, 2.45) is 0 Å². The Labute approximate surface area is 157 Å². The molecule has 0 saturated heterocycles. The molecule has 0 bridgehead atoms. The highest BCUT2D eigenvalue weighted by molar-refractivity contribution is 5.91. The lowest BCUT2D eigenvalue weighted by Crippen LogP contribution is -2.04. The summed E-state index contributed by atoms with van der Waals surface area (Å²) < 4.78 is 7.09. The normalized spacial score (nSPS) is 11.0. The van der Waals surface area contributed by atoms with Crippen molar-refractivity contribution < 1.29 is 4.74 Å². The van der Waals surface area contributed by atoms with Crippen LogP contribution in [0.1, 0.15) is 31.1 Å². The first-order valence-corrected chi connectivity index (χ1v) is 8.65. The average Bonchev–Trinajstić information content (AvgIpc) is 3.06. The lowest BCUT2D eigenvalue weighted by molar-refractivity contribution is 0.415. The number of ether oxygens (including phenoxy) is 1. The minimum atomic E-state index is 0.146. The Hall–Kier alpha value is -3.59. The number of nitrogens with two attached hydrogens (primary N) is 1. The van der Waals surface area contributed by atoms with Gasteiger partial charge in [-0.1, -0.05) is 18.1 Å². The van der Waals surface area contributed by atoms with Crippen LogP contribution >= 0.6 is 0 Å². The van der Waals surface area contributed by atoms with Crippen LogP contribution in [0.4, 0.5) is 5.82 Å². The van der Waals surface area contributed by atoms with Gasteiger partial charge in [0.2, 0.25) is 0 Å². The Morgan fingerprint density at radius 1 is 1.04 bits per heavy atom. The third-order valence-electron chi connectivity index (χ3n) is 4.38. The number of hydrogen-bond acceptors (Lipinski definition) is 5. The summed E-state index contributed by atoms with van der Waals surface area (Å²) >= 11 is 0. The second-order valence-corrected chi connectivity index (χ2v) is 6.52. The number of aromatic nitrogens is 4. The topological polar surface area (TPSA) is 78.8 Å². The van der Waals surface area contributed by atoms with E-state index in [0.717, 1.165) is 22.1 Å². The molecule has 4 rings (SSSR count). The molecule has 2 heterocycles. The van der Waals surface area contributed by atoms with Gasteiger partial charge in [0.1, 0.15) is 23.6 Å². The van der Waals surface area contributed by atoms with Gasteiger partial charge in [0.15, 0.2) is 5.65 Å². The molecule has 0 saturated carbocycles. The smallest absolute Gasteiger partial charge is 0.164 e. The summed E-state index contributed by atoms with van der Waals surface area (Å²) in [5, 5.41) is 7.50. The van der Waals surface area contributed by atoms with Crippen LogP contribution in [0, 0.1) is 11.8 Å². The number of rotatable bonds is 2. The summed E-state index contributed by atoms with van der Waals surface area (Å²) in [6.07, 6.45) is 1.45. The number of anilines is 1. The first kappa shape index (κ1) is 16.9. The standard InChI is InChI=1S/C21H19N5O/c1-13(2)26-21-19(20(22)23-12-24-21)18(25-26)9-5-14-4-6-16-11-17(27-3)8-7-15(16)10-14/h4,6-8,10-13H,1-3H3,(H2,22,23,24). The average molecular weight is 357 g/mol. The van der Waals surface area contributed by atoms with Crippen molar-refractivity contribution in [2.75, 3.05) is 12.8 Å². The second kappa shape index (κ2) is 6.61. The van der Waals surface area contributed by atoms with Crippen LogP contribution in [0.15, 0.2) is 42.7 Å². The third-order valence-corrected chi connectivity index (χ3v) is 4.38. The molecule has 0 aliphatic rings. The van der Waals surface area contributed by atoms with E-state index in [1.165, 1.54) is 6.33 Å². The highest BCUT2D eigenvalue weighted by Gasteiger charge is 2.15. The fourth-order valence-electron chi connectivity index (χ4n) is 3.00. The van der Waals surface area contributed by atoms with Crippen LogP contribution in [0.5, 0.6) is 5.75 Å². The number of fused-ring (bicyclic) bond motifs is 2. The molecule has 0 aliphatic heterocycles. The predicted octanol–water partition coefficient (Wildman–Crippen LogP) is 3.55. The Bertz CT molecular complexity index is 1210. The van der Waals surface area contributed by atoms with Crippen molar-refractivity contribution in [3.63, 3.8) is 0 Å². The molecule has 134 valence electrons. The van der Waals surface area contributed by atoms with Gasteiger partial charge in [-0.2, -0.15) is 5.10 Å². The van der Waals surface area contributed by atoms with E-state index in [4.69, 9.17) is 10.5 Å². The number of methoxy groups -OCH3 is 1. The molecule has 0 amide bonds. The maximum Gasteiger partial charge on any atom is 0.164 e. The summed E-state index contributed by atoms with van der Waals surface area (Å²) in [5.74, 6) is 7.55. The molecule has 6 nitrogen and oxygen atoms in total. The van der Waals surface area contributed by atoms with Crippen molar-refractivity contribution in [3.05, 3.63) is 54.0 Å². The van der Waals surface area contributed by atoms with Crippen LogP contribution < -0.4 is 10.5 Å². The summed E-state index contributed by atoms with van der Waals surface area (Å²) in [6.45, 7) is 4.08. The molecule has 0 atom stereocenters. The van der Waals surface area contributed by atoms with E-state index in [1.54, 1.807) is 7.11 Å². The van der Waals surface area contributed by atoms with E-state index < -0.39 is 0 Å². The summed E-state index contributed by atoms with van der Waals surface area (Å²) in [7, 11) is 1.66. The minimum absolute atomic E-state index is 0.146. The first-order chi connectivity index (χ1) is 13.1. The zero-order valence-electron chi connectivity index (χ0n) is 15.4. The molecule has 4 aromatic rings. The zero-order valence-corrected chi connectivity index (χ0v) is 15.4. The zero-order chi connectivity index (χ0) is 19.0. The molecule has 0 radical (unpaired) electrons. The van der Waals surface area contributed by atoms with Crippen LogP contribution in [0.25, 0.3) is 21.8 Å². The number of benzene rings is 2. The van der Waals surface area contributed by atoms with Gasteiger partial charge in [-0.15, -0.1) is 0 Å². The van der Waals surface area contributed by atoms with Gasteiger partial charge >= 0.3 is 0 Å². The third kappa shape index (κ3) is 3.04. The summed E-state index contributed by atoms with van der Waals surface area (Å²) in [5.41, 5.74) is 8.25. The maximum absolute atomic E-state index is 6.06. The Morgan fingerprint density at radius 3 is 2.59 bits per heavy atom. The van der Waals surface area contributed by atoms with Crippen LogP contribution in [-0.4, -0.2) is 26.9 Å². The van der Waals surface area contributed by atoms with Gasteiger partial charge in [0.25, 0.3) is 0 Å². The summed E-state index contributed by atoms with van der Waals surface area (Å²) in [6, 6.07) is 12.2. The molecule has 2 N–H and O–H groups in total. The van der Waals surface area contributed by atoms with Crippen molar-refractivity contribution in [3.8, 4) is 17.6 Å². The molecule has 2 aromatic heterocycles. The molecule has 0 unspecified atom stereocenters. The maximum atomic E-state index is 6.06. The van der Waals surface area contributed by atoms with Gasteiger partial charge in [-0.25, -0.2) is 14.6 Å². The monoisotopic (exact) mass is 357 g/mol. The molecule has 6 heteroatoms. The summed E-state index contributed by atoms with van der Waals surface area (Å²) in [4.78, 5) is 8.41. The van der Waals surface area contributed by atoms with E-state index >= 15 is 0 Å². The number of nitrogens with zero attached hydrogens (tertiary/aromatic N) is 4. The largest absolute Gasteiger partial charge is 0.497 e. The van der Waals surface area contributed by atoms with Crippen LogP contribution in [0.3, 0.4) is 0 Å². The lowest BCUT2D eigenvalue weighted by Gasteiger charge is -2.05. The highest BCUT2D eigenvalue weighted by Crippen LogP contribution is 2.24. The van der Waals surface area contributed by atoms with E-state index in [2.05, 4.69) is 26.9 Å². The van der Waals surface area contributed by atoms with Crippen LogP contribution in [0.2, 0.25) is 0 Å². The van der Waals surface area contributed by atoms with Gasteiger partial charge in [0.05, 0.1) is 12.5 Å². The predicted molar refractivity (Wildman–Crippen MR) is 107 cm³/mol. The van der Waals surface area contributed by atoms with Gasteiger partial charge in [0, 0.05) is 11.6 Å². The second-order valence-electron chi connectivity index (χ2n) is 6.52. The molecular weight excluding hydrogens is 338 g/mol. The van der Waals surface area contributed by atoms with Crippen molar-refractivity contribution >= 4 is 27.6 Å². The van der Waals surface area contributed by atoms with Crippen molar-refractivity contribution in [1.29, 1.82) is 0 Å². The molecular formula is C21H19N5O. The van der Waals surface area contributed by atoms with Crippen molar-refractivity contribution in [2.45, 2.75) is 19.9 Å². The minimum Gasteiger partial charge on any atom is -0.497 e. The van der Waals surface area contributed by atoms with E-state index in [-0.39, 0.29) is 6.04 Å². The number of hydrogen-bond donors (Lipinski definition) is 1. The molecule has 0 fully saturated rings. The quantitative estimate of drug-likeness (QED) is 0.555. The Balaban J connectivity index is 1.79. The molecule has 0 aliphatic carbocycles. The fraction of sp³-hybridized carbons (Fsp3) is 0.190. The van der Waals surface area contributed by atoms with Gasteiger partial charge in [-0.3, -0.25) is 0 Å². The Kier molecular flexibility index (Phi) is 4.13. The lowest BCUT2D eigenvalue weighted by atomic mass is 10.1.